The molecule has 28 heavy (non-hydrogen) atoms. The van der Waals surface area contributed by atoms with E-state index in [1.54, 1.807) is 0 Å². The minimum Gasteiger partial charge on any atom is -0.395 e. The van der Waals surface area contributed by atoms with Crippen molar-refractivity contribution in [3.8, 4) is 0 Å². The number of aliphatic hydroxyl groups is 1. The van der Waals surface area contributed by atoms with E-state index in [9.17, 15) is 4.79 Å². The molecular formula is C21H27N5O2. The SMILES string of the molecule is CNc1nc(N2CCN(CCO)CC2)nc2c1C(=O)C[C@H](c1ccccc1)C2. The maximum Gasteiger partial charge on any atom is 0.227 e. The fraction of sp³-hybridized carbons (Fsp3) is 0.476. The lowest BCUT2D eigenvalue weighted by Gasteiger charge is -2.35. The second kappa shape index (κ2) is 8.24. The summed E-state index contributed by atoms with van der Waals surface area (Å²) in [6, 6.07) is 10.2. The van der Waals surface area contributed by atoms with Crippen LogP contribution in [0.1, 0.15) is 34.0 Å². The summed E-state index contributed by atoms with van der Waals surface area (Å²) in [6.07, 6.45) is 1.24. The molecule has 0 radical (unpaired) electrons. The molecule has 7 heteroatoms. The molecule has 1 aliphatic carbocycles. The van der Waals surface area contributed by atoms with Crippen molar-refractivity contribution < 1.29 is 9.90 Å². The second-order valence-corrected chi connectivity index (χ2v) is 7.44. The van der Waals surface area contributed by atoms with Crippen LogP contribution < -0.4 is 10.2 Å². The summed E-state index contributed by atoms with van der Waals surface area (Å²) >= 11 is 0. The topological polar surface area (TPSA) is 81.6 Å². The van der Waals surface area contributed by atoms with Crippen LogP contribution in [0.15, 0.2) is 30.3 Å². The maximum absolute atomic E-state index is 12.9. The highest BCUT2D eigenvalue weighted by molar-refractivity contribution is 6.03. The number of β-amino-alcohol motifs (C(OH)–C–C–N with tert-alkyl or cyclic N) is 1. The number of nitrogens with one attached hydrogen (secondary N) is 1. The maximum atomic E-state index is 12.9. The van der Waals surface area contributed by atoms with Crippen LogP contribution in [-0.2, 0) is 6.42 Å². The lowest BCUT2D eigenvalue weighted by Crippen LogP contribution is -2.48. The van der Waals surface area contributed by atoms with Gasteiger partial charge in [-0.15, -0.1) is 0 Å². The number of nitrogens with zero attached hydrogens (tertiary/aromatic N) is 4. The fourth-order valence-electron chi connectivity index (χ4n) is 4.16. The number of hydrogen-bond donors (Lipinski definition) is 2. The van der Waals surface area contributed by atoms with Crippen LogP contribution in [0.3, 0.4) is 0 Å². The Hall–Kier alpha value is -2.51. The Balaban J connectivity index is 1.61. The number of benzene rings is 1. The third-order valence-corrected chi connectivity index (χ3v) is 5.70. The predicted molar refractivity (Wildman–Crippen MR) is 109 cm³/mol. The van der Waals surface area contributed by atoms with Crippen molar-refractivity contribution >= 4 is 17.5 Å². The van der Waals surface area contributed by atoms with E-state index in [-0.39, 0.29) is 18.3 Å². The highest BCUT2D eigenvalue weighted by Crippen LogP contribution is 2.35. The van der Waals surface area contributed by atoms with Gasteiger partial charge in [0.05, 0.1) is 17.9 Å². The van der Waals surface area contributed by atoms with Crippen molar-refractivity contribution in [2.24, 2.45) is 0 Å². The van der Waals surface area contributed by atoms with E-state index in [2.05, 4.69) is 32.2 Å². The smallest absolute Gasteiger partial charge is 0.227 e. The molecule has 2 aliphatic rings. The van der Waals surface area contributed by atoms with E-state index in [0.717, 1.165) is 38.3 Å². The van der Waals surface area contributed by atoms with Gasteiger partial charge in [-0.2, -0.15) is 4.98 Å². The molecule has 1 saturated heterocycles. The first-order valence-corrected chi connectivity index (χ1v) is 9.94. The average molecular weight is 381 g/mol. The Kier molecular flexibility index (Phi) is 5.54. The molecule has 2 N–H and O–H groups in total. The van der Waals surface area contributed by atoms with Crippen molar-refractivity contribution in [1.82, 2.24) is 14.9 Å². The Morgan fingerprint density at radius 1 is 1.11 bits per heavy atom. The second-order valence-electron chi connectivity index (χ2n) is 7.44. The highest BCUT2D eigenvalue weighted by Gasteiger charge is 2.32. The van der Waals surface area contributed by atoms with Gasteiger partial charge in [-0.3, -0.25) is 9.69 Å². The van der Waals surface area contributed by atoms with E-state index >= 15 is 0 Å². The predicted octanol–water partition coefficient (Wildman–Crippen LogP) is 1.55. The first-order valence-electron chi connectivity index (χ1n) is 9.94. The summed E-state index contributed by atoms with van der Waals surface area (Å²) in [6.45, 7) is 4.27. The summed E-state index contributed by atoms with van der Waals surface area (Å²) in [5.41, 5.74) is 2.68. The number of hydrogen-bond acceptors (Lipinski definition) is 7. The van der Waals surface area contributed by atoms with Gasteiger partial charge in [0.25, 0.3) is 0 Å². The molecule has 4 rings (SSSR count). The number of carbonyl (C=O) groups is 1. The highest BCUT2D eigenvalue weighted by atomic mass is 16.3. The standard InChI is InChI=1S/C21H27N5O2/c1-22-20-19-17(13-16(14-18(19)28)15-5-3-2-4-6-15)23-21(24-20)26-9-7-25(8-10-26)11-12-27/h2-6,16,27H,7-14H2,1H3,(H,22,23,24)/t16-/m1/s1. The molecule has 1 aromatic carbocycles. The van der Waals surface area contributed by atoms with Gasteiger partial charge >= 0.3 is 0 Å². The molecule has 0 amide bonds. The monoisotopic (exact) mass is 381 g/mol. The number of aliphatic hydroxyl groups excluding tert-OH is 1. The molecule has 148 valence electrons. The van der Waals surface area contributed by atoms with E-state index in [1.165, 1.54) is 5.56 Å². The first kappa shape index (κ1) is 18.8. The number of aromatic nitrogens is 2. The van der Waals surface area contributed by atoms with Crippen LogP contribution in [0, 0.1) is 0 Å². The zero-order chi connectivity index (χ0) is 19.5. The Morgan fingerprint density at radius 2 is 1.86 bits per heavy atom. The van der Waals surface area contributed by atoms with Crippen molar-refractivity contribution in [2.45, 2.75) is 18.8 Å². The average Bonchev–Trinajstić information content (AvgIpc) is 2.74. The Bertz CT molecular complexity index is 834. The van der Waals surface area contributed by atoms with E-state index in [4.69, 9.17) is 10.1 Å². The van der Waals surface area contributed by atoms with E-state index < -0.39 is 0 Å². The summed E-state index contributed by atoms with van der Waals surface area (Å²) in [4.78, 5) is 26.8. The Morgan fingerprint density at radius 3 is 2.54 bits per heavy atom. The summed E-state index contributed by atoms with van der Waals surface area (Å²) in [7, 11) is 1.81. The number of Topliss-reactive ketones (excluding diaryl/α,β-unsaturated/α-hetero) is 1. The summed E-state index contributed by atoms with van der Waals surface area (Å²) in [5.74, 6) is 1.59. The van der Waals surface area contributed by atoms with Crippen molar-refractivity contribution in [3.05, 3.63) is 47.2 Å². The van der Waals surface area contributed by atoms with Gasteiger partial charge in [-0.25, -0.2) is 4.98 Å². The Labute approximate surface area is 165 Å². The molecule has 0 spiro atoms. The van der Waals surface area contributed by atoms with Crippen LogP contribution in [-0.4, -0.2) is 72.1 Å². The van der Waals surface area contributed by atoms with Crippen molar-refractivity contribution in [1.29, 1.82) is 0 Å². The number of rotatable bonds is 5. The molecule has 2 heterocycles. The molecule has 0 saturated carbocycles. The lowest BCUT2D eigenvalue weighted by molar-refractivity contribution is 0.0963. The third kappa shape index (κ3) is 3.72. The number of anilines is 2. The fourth-order valence-corrected chi connectivity index (χ4v) is 4.16. The third-order valence-electron chi connectivity index (χ3n) is 5.70. The van der Waals surface area contributed by atoms with Gasteiger partial charge < -0.3 is 15.3 Å². The zero-order valence-corrected chi connectivity index (χ0v) is 16.3. The number of fused-ring (bicyclic) bond motifs is 1. The normalized spacial score (nSPS) is 20.1. The minimum absolute atomic E-state index is 0.110. The van der Waals surface area contributed by atoms with Crippen LogP contribution in [0.2, 0.25) is 0 Å². The minimum atomic E-state index is 0.110. The lowest BCUT2D eigenvalue weighted by atomic mass is 9.82. The van der Waals surface area contributed by atoms with Crippen LogP contribution in [0.4, 0.5) is 11.8 Å². The molecular weight excluding hydrogens is 354 g/mol. The molecule has 1 aliphatic heterocycles. The first-order chi connectivity index (χ1) is 13.7. The molecule has 1 aromatic heterocycles. The van der Waals surface area contributed by atoms with Gasteiger partial charge in [0.2, 0.25) is 5.95 Å². The molecule has 1 fully saturated rings. The van der Waals surface area contributed by atoms with E-state index in [0.29, 0.717) is 30.3 Å². The van der Waals surface area contributed by atoms with Crippen LogP contribution in [0.5, 0.6) is 0 Å². The molecule has 0 bridgehead atoms. The molecule has 1 atom stereocenters. The number of ketones is 1. The summed E-state index contributed by atoms with van der Waals surface area (Å²) in [5, 5.41) is 12.2. The van der Waals surface area contributed by atoms with Gasteiger partial charge in [-0.1, -0.05) is 30.3 Å². The number of piperazine rings is 1. The quantitative estimate of drug-likeness (QED) is 0.813. The summed E-state index contributed by atoms with van der Waals surface area (Å²) < 4.78 is 0. The van der Waals surface area contributed by atoms with Gasteiger partial charge in [0.1, 0.15) is 5.82 Å². The van der Waals surface area contributed by atoms with Gasteiger partial charge in [0, 0.05) is 46.2 Å². The van der Waals surface area contributed by atoms with Crippen LogP contribution in [0.25, 0.3) is 0 Å². The van der Waals surface area contributed by atoms with Gasteiger partial charge in [0.15, 0.2) is 5.78 Å². The van der Waals surface area contributed by atoms with Crippen LogP contribution >= 0.6 is 0 Å². The molecule has 7 nitrogen and oxygen atoms in total. The molecule has 2 aromatic rings. The van der Waals surface area contributed by atoms with Crippen molar-refractivity contribution in [3.63, 3.8) is 0 Å². The van der Waals surface area contributed by atoms with E-state index in [1.807, 2.05) is 25.2 Å². The zero-order valence-electron chi connectivity index (χ0n) is 16.3. The molecule has 0 unspecified atom stereocenters. The number of carbonyl (C=O) groups excluding carboxylic acids is 1. The van der Waals surface area contributed by atoms with Crippen molar-refractivity contribution in [2.75, 3.05) is 56.6 Å². The largest absolute Gasteiger partial charge is 0.395 e. The van der Waals surface area contributed by atoms with Gasteiger partial charge in [-0.05, 0) is 17.9 Å².